The molecule has 4 aromatic rings. The molecule has 35 heavy (non-hydrogen) atoms. The molecule has 6 nitrogen and oxygen atoms in total. The second-order valence-corrected chi connectivity index (χ2v) is 8.07. The molecular formula is C29H27N3O3. The average Bonchev–Trinajstić information content (AvgIpc) is 2.89. The zero-order chi connectivity index (χ0) is 24.5. The third-order valence-electron chi connectivity index (χ3n) is 5.29. The molecule has 0 saturated carbocycles. The molecule has 6 heteroatoms. The number of hydrogen-bond donors (Lipinski definition) is 2. The molecule has 2 N–H and O–H groups in total. The Morgan fingerprint density at radius 1 is 0.743 bits per heavy atom. The fourth-order valence-electron chi connectivity index (χ4n) is 3.53. The minimum atomic E-state index is -0.211. The van der Waals surface area contributed by atoms with Crippen LogP contribution in [0, 0.1) is 0 Å². The third-order valence-corrected chi connectivity index (χ3v) is 5.29. The minimum Gasteiger partial charge on any atom is -0.457 e. The highest BCUT2D eigenvalue weighted by atomic mass is 16.5. The zero-order valence-electron chi connectivity index (χ0n) is 19.5. The van der Waals surface area contributed by atoms with Crippen molar-refractivity contribution in [3.8, 4) is 11.5 Å². The molecule has 0 aromatic heterocycles. The summed E-state index contributed by atoms with van der Waals surface area (Å²) in [5.74, 6) is 1.15. The largest absolute Gasteiger partial charge is 0.457 e. The SMILES string of the molecule is CN(Cc1ccccc1)C(=O)c1cccc(NC(=O)CNc2ccc(Oc3ccccc3)cc2)c1. The maximum atomic E-state index is 12.8. The highest BCUT2D eigenvalue weighted by molar-refractivity contribution is 5.98. The number of anilines is 2. The maximum Gasteiger partial charge on any atom is 0.253 e. The highest BCUT2D eigenvalue weighted by Gasteiger charge is 2.13. The third kappa shape index (κ3) is 6.95. The predicted octanol–water partition coefficient (Wildman–Crippen LogP) is 5.80. The van der Waals surface area contributed by atoms with Crippen LogP contribution in [-0.4, -0.2) is 30.3 Å². The Kier molecular flexibility index (Phi) is 7.76. The molecule has 0 radical (unpaired) electrons. The van der Waals surface area contributed by atoms with Gasteiger partial charge in [-0.1, -0.05) is 54.6 Å². The number of amides is 2. The lowest BCUT2D eigenvalue weighted by Crippen LogP contribution is -2.26. The lowest BCUT2D eigenvalue weighted by molar-refractivity contribution is -0.114. The van der Waals surface area contributed by atoms with Crippen molar-refractivity contribution in [1.82, 2.24) is 4.90 Å². The van der Waals surface area contributed by atoms with E-state index >= 15 is 0 Å². The van der Waals surface area contributed by atoms with Gasteiger partial charge in [0.25, 0.3) is 5.91 Å². The predicted molar refractivity (Wildman–Crippen MR) is 139 cm³/mol. The van der Waals surface area contributed by atoms with Gasteiger partial charge in [0.1, 0.15) is 11.5 Å². The first-order chi connectivity index (χ1) is 17.1. The summed E-state index contributed by atoms with van der Waals surface area (Å²) in [6, 6.07) is 33.7. The Hall–Kier alpha value is -4.58. The van der Waals surface area contributed by atoms with Crippen LogP contribution < -0.4 is 15.4 Å². The Labute approximate surface area is 205 Å². The van der Waals surface area contributed by atoms with Crippen LogP contribution in [0.25, 0.3) is 0 Å². The zero-order valence-corrected chi connectivity index (χ0v) is 19.5. The quantitative estimate of drug-likeness (QED) is 0.328. The smallest absolute Gasteiger partial charge is 0.253 e. The van der Waals surface area contributed by atoms with E-state index in [4.69, 9.17) is 4.74 Å². The van der Waals surface area contributed by atoms with E-state index in [-0.39, 0.29) is 18.4 Å². The van der Waals surface area contributed by atoms with Crippen molar-refractivity contribution in [1.29, 1.82) is 0 Å². The molecule has 4 aromatic carbocycles. The molecule has 4 rings (SSSR count). The number of hydrogen-bond acceptors (Lipinski definition) is 4. The second kappa shape index (κ2) is 11.5. The summed E-state index contributed by atoms with van der Waals surface area (Å²) in [6.45, 7) is 0.598. The number of benzene rings is 4. The van der Waals surface area contributed by atoms with E-state index in [1.165, 1.54) is 0 Å². The van der Waals surface area contributed by atoms with Gasteiger partial charge in [-0.15, -0.1) is 0 Å². The minimum absolute atomic E-state index is 0.0883. The summed E-state index contributed by atoms with van der Waals surface area (Å²) in [7, 11) is 1.76. The van der Waals surface area contributed by atoms with Crippen molar-refractivity contribution < 1.29 is 14.3 Å². The van der Waals surface area contributed by atoms with E-state index in [9.17, 15) is 9.59 Å². The Balaban J connectivity index is 1.28. The van der Waals surface area contributed by atoms with E-state index < -0.39 is 0 Å². The standard InChI is InChI=1S/C29H27N3O3/c1-32(21-22-9-4-2-5-10-22)29(34)23-11-8-12-25(19-23)31-28(33)20-30-24-15-17-27(18-16-24)35-26-13-6-3-7-14-26/h2-19,30H,20-21H2,1H3,(H,31,33). The van der Waals surface area contributed by atoms with E-state index in [2.05, 4.69) is 10.6 Å². The molecule has 0 atom stereocenters. The van der Waals surface area contributed by atoms with Crippen LogP contribution in [0.15, 0.2) is 109 Å². The Morgan fingerprint density at radius 3 is 2.11 bits per heavy atom. The molecule has 0 heterocycles. The summed E-state index contributed by atoms with van der Waals surface area (Å²) in [6.07, 6.45) is 0. The van der Waals surface area contributed by atoms with Gasteiger partial charge >= 0.3 is 0 Å². The van der Waals surface area contributed by atoms with Gasteiger partial charge in [0.15, 0.2) is 0 Å². The average molecular weight is 466 g/mol. The van der Waals surface area contributed by atoms with Gasteiger partial charge in [0, 0.05) is 30.5 Å². The lowest BCUT2D eigenvalue weighted by atomic mass is 10.1. The van der Waals surface area contributed by atoms with Crippen LogP contribution in [0.2, 0.25) is 0 Å². The molecular weight excluding hydrogens is 438 g/mol. The van der Waals surface area contributed by atoms with Crippen LogP contribution in [-0.2, 0) is 11.3 Å². The molecule has 0 aliphatic rings. The highest BCUT2D eigenvalue weighted by Crippen LogP contribution is 2.22. The van der Waals surface area contributed by atoms with E-state index in [1.54, 1.807) is 36.2 Å². The summed E-state index contributed by atoms with van der Waals surface area (Å²) in [4.78, 5) is 26.9. The van der Waals surface area contributed by atoms with Crippen molar-refractivity contribution in [2.45, 2.75) is 6.54 Å². The molecule has 0 unspecified atom stereocenters. The monoisotopic (exact) mass is 465 g/mol. The first-order valence-electron chi connectivity index (χ1n) is 11.3. The van der Waals surface area contributed by atoms with Gasteiger partial charge < -0.3 is 20.3 Å². The second-order valence-electron chi connectivity index (χ2n) is 8.07. The number of carbonyl (C=O) groups excluding carboxylic acids is 2. The van der Waals surface area contributed by atoms with Crippen LogP contribution in [0.5, 0.6) is 11.5 Å². The number of nitrogens with zero attached hydrogens (tertiary/aromatic N) is 1. The van der Waals surface area contributed by atoms with Crippen molar-refractivity contribution in [3.63, 3.8) is 0 Å². The van der Waals surface area contributed by atoms with Gasteiger partial charge in [0.2, 0.25) is 5.91 Å². The van der Waals surface area contributed by atoms with E-state index in [1.807, 2.05) is 84.9 Å². The van der Waals surface area contributed by atoms with Gasteiger partial charge in [-0.05, 0) is 60.2 Å². The summed E-state index contributed by atoms with van der Waals surface area (Å²) in [5, 5.41) is 5.94. The van der Waals surface area contributed by atoms with E-state index in [0.29, 0.717) is 23.5 Å². The molecule has 0 aliphatic carbocycles. The lowest BCUT2D eigenvalue weighted by Gasteiger charge is -2.18. The van der Waals surface area contributed by atoms with E-state index in [0.717, 1.165) is 17.0 Å². The first kappa shape index (κ1) is 23.6. The fraction of sp³-hybridized carbons (Fsp3) is 0.103. The maximum absolute atomic E-state index is 12.8. The van der Waals surface area contributed by atoms with Gasteiger partial charge in [-0.3, -0.25) is 9.59 Å². The van der Waals surface area contributed by atoms with Gasteiger partial charge in [-0.25, -0.2) is 0 Å². The number of nitrogens with one attached hydrogen (secondary N) is 2. The van der Waals surface area contributed by atoms with Crippen LogP contribution in [0.4, 0.5) is 11.4 Å². The fourth-order valence-corrected chi connectivity index (χ4v) is 3.53. The Bertz CT molecular complexity index is 1260. The number of rotatable bonds is 9. The summed E-state index contributed by atoms with van der Waals surface area (Å²) < 4.78 is 5.78. The molecule has 176 valence electrons. The van der Waals surface area contributed by atoms with Crippen molar-refractivity contribution >= 4 is 23.2 Å². The topological polar surface area (TPSA) is 70.7 Å². The normalized spacial score (nSPS) is 10.3. The van der Waals surface area contributed by atoms with Gasteiger partial charge in [0.05, 0.1) is 6.54 Å². The van der Waals surface area contributed by atoms with Crippen molar-refractivity contribution in [2.75, 3.05) is 24.2 Å². The summed E-state index contributed by atoms with van der Waals surface area (Å²) in [5.41, 5.74) is 2.94. The van der Waals surface area contributed by atoms with Crippen LogP contribution >= 0.6 is 0 Å². The molecule has 0 saturated heterocycles. The van der Waals surface area contributed by atoms with Gasteiger partial charge in [-0.2, -0.15) is 0 Å². The summed E-state index contributed by atoms with van der Waals surface area (Å²) >= 11 is 0. The molecule has 0 aliphatic heterocycles. The molecule has 0 spiro atoms. The first-order valence-corrected chi connectivity index (χ1v) is 11.3. The number of carbonyl (C=O) groups is 2. The molecule has 0 bridgehead atoms. The number of ether oxygens (including phenoxy) is 1. The molecule has 2 amide bonds. The van der Waals surface area contributed by atoms with Crippen molar-refractivity contribution in [2.24, 2.45) is 0 Å². The number of para-hydroxylation sites is 1. The Morgan fingerprint density at radius 2 is 1.40 bits per heavy atom. The molecule has 0 fully saturated rings. The van der Waals surface area contributed by atoms with Crippen LogP contribution in [0.3, 0.4) is 0 Å². The van der Waals surface area contributed by atoms with Crippen LogP contribution in [0.1, 0.15) is 15.9 Å². The van der Waals surface area contributed by atoms with Crippen molar-refractivity contribution in [3.05, 3.63) is 120 Å².